The number of benzene rings is 1. The van der Waals surface area contributed by atoms with Crippen molar-refractivity contribution >= 4 is 23.2 Å². The lowest BCUT2D eigenvalue weighted by Crippen LogP contribution is -2.20. The van der Waals surface area contributed by atoms with Gasteiger partial charge >= 0.3 is 0 Å². The molecule has 28 heavy (non-hydrogen) atoms. The molecule has 0 saturated heterocycles. The molecule has 5 nitrogen and oxygen atoms in total. The number of hydrogen-bond donors (Lipinski definition) is 0. The van der Waals surface area contributed by atoms with Gasteiger partial charge in [-0.3, -0.25) is 0 Å². The van der Waals surface area contributed by atoms with E-state index in [0.717, 1.165) is 48.3 Å². The lowest BCUT2D eigenvalue weighted by molar-refractivity contribution is -0.140. The highest BCUT2D eigenvalue weighted by Crippen LogP contribution is 2.30. The van der Waals surface area contributed by atoms with Crippen molar-refractivity contribution in [2.24, 2.45) is 0 Å². The molecule has 0 saturated carbocycles. The highest BCUT2D eigenvalue weighted by Gasteiger charge is 2.09. The molecule has 0 fully saturated rings. The van der Waals surface area contributed by atoms with Crippen LogP contribution in [0.2, 0.25) is 0 Å². The Morgan fingerprint density at radius 3 is 2.39 bits per heavy atom. The van der Waals surface area contributed by atoms with Gasteiger partial charge < -0.3 is 23.7 Å². The van der Waals surface area contributed by atoms with Crippen molar-refractivity contribution < 1.29 is 23.7 Å². The van der Waals surface area contributed by atoms with Gasteiger partial charge in [0.15, 0.2) is 6.29 Å². The summed E-state index contributed by atoms with van der Waals surface area (Å²) in [5.74, 6) is 1.73. The third-order valence-electron chi connectivity index (χ3n) is 4.15. The summed E-state index contributed by atoms with van der Waals surface area (Å²) >= 11 is 11.2. The zero-order valence-corrected chi connectivity index (χ0v) is 18.8. The number of unbranched alkanes of at least 4 members (excludes halogenated alkanes) is 2. The van der Waals surface area contributed by atoms with Gasteiger partial charge in [-0.1, -0.05) is 30.1 Å². The normalized spacial score (nSPS) is 11.0. The first kappa shape index (κ1) is 25.1. The van der Waals surface area contributed by atoms with Gasteiger partial charge in [0.25, 0.3) is 0 Å². The Labute approximate surface area is 178 Å². The van der Waals surface area contributed by atoms with Crippen molar-refractivity contribution in [3.63, 3.8) is 0 Å². The average molecular weight is 435 g/mol. The highest BCUT2D eigenvalue weighted by molar-refractivity contribution is 6.55. The minimum absolute atomic E-state index is 0.204. The quantitative estimate of drug-likeness (QED) is 0.271. The van der Waals surface area contributed by atoms with Gasteiger partial charge in [-0.15, -0.1) is 0 Å². The van der Waals surface area contributed by atoms with Crippen molar-refractivity contribution in [3.8, 4) is 11.5 Å². The Morgan fingerprint density at radius 2 is 1.75 bits per heavy atom. The summed E-state index contributed by atoms with van der Waals surface area (Å²) in [7, 11) is 3.21. The van der Waals surface area contributed by atoms with Gasteiger partial charge in [0, 0.05) is 20.8 Å². The minimum Gasteiger partial charge on any atom is -0.493 e. The summed E-state index contributed by atoms with van der Waals surface area (Å²) in [6.45, 7) is 6.28. The second kappa shape index (κ2) is 14.9. The molecule has 0 aromatic heterocycles. The number of hydrogen-bond acceptors (Lipinski definition) is 5. The zero-order valence-electron chi connectivity index (χ0n) is 17.3. The molecule has 0 spiro atoms. The van der Waals surface area contributed by atoms with Gasteiger partial charge in [0.2, 0.25) is 0 Å². The second-order valence-corrected chi connectivity index (χ2v) is 7.28. The lowest BCUT2D eigenvalue weighted by atomic mass is 10.1. The average Bonchev–Trinajstić information content (AvgIpc) is 2.67. The molecule has 0 radical (unpaired) electrons. The van der Waals surface area contributed by atoms with Crippen LogP contribution in [0.15, 0.2) is 22.7 Å². The fourth-order valence-electron chi connectivity index (χ4n) is 2.63. The van der Waals surface area contributed by atoms with Crippen molar-refractivity contribution in [2.75, 3.05) is 40.6 Å². The van der Waals surface area contributed by atoms with Crippen LogP contribution in [0.5, 0.6) is 11.5 Å². The zero-order chi connectivity index (χ0) is 20.8. The van der Waals surface area contributed by atoms with Gasteiger partial charge in [-0.05, 0) is 61.9 Å². The summed E-state index contributed by atoms with van der Waals surface area (Å²) in [4.78, 5) is 0. The molecule has 1 rings (SSSR count). The topological polar surface area (TPSA) is 46.2 Å². The number of aryl methyl sites for hydroxylation is 2. The van der Waals surface area contributed by atoms with Gasteiger partial charge in [0.1, 0.15) is 22.6 Å². The molecule has 0 unspecified atom stereocenters. The van der Waals surface area contributed by atoms with E-state index >= 15 is 0 Å². The molecule has 0 atom stereocenters. The molecule has 0 aliphatic rings. The van der Waals surface area contributed by atoms with Gasteiger partial charge in [-0.2, -0.15) is 0 Å². The number of ether oxygens (including phenoxy) is 5. The Morgan fingerprint density at radius 1 is 1.04 bits per heavy atom. The van der Waals surface area contributed by atoms with Crippen molar-refractivity contribution in [1.29, 1.82) is 0 Å². The van der Waals surface area contributed by atoms with E-state index in [-0.39, 0.29) is 10.8 Å². The molecular formula is C21H32Cl2O5. The van der Waals surface area contributed by atoms with E-state index in [1.807, 2.05) is 19.1 Å². The highest BCUT2D eigenvalue weighted by atomic mass is 35.5. The molecule has 0 bridgehead atoms. The van der Waals surface area contributed by atoms with Crippen LogP contribution < -0.4 is 9.47 Å². The summed E-state index contributed by atoms with van der Waals surface area (Å²) in [6, 6.07) is 3.98. The van der Waals surface area contributed by atoms with Crippen LogP contribution >= 0.6 is 23.2 Å². The number of methoxy groups -OCH3 is 2. The van der Waals surface area contributed by atoms with Gasteiger partial charge in [-0.25, -0.2) is 0 Å². The minimum atomic E-state index is -0.298. The fraction of sp³-hybridized carbons (Fsp3) is 0.619. The Hall–Kier alpha value is -0.980. The molecule has 0 amide bonds. The number of halogens is 2. The van der Waals surface area contributed by atoms with Gasteiger partial charge in [0.05, 0.1) is 13.2 Å². The molecular weight excluding hydrogens is 403 g/mol. The van der Waals surface area contributed by atoms with E-state index < -0.39 is 0 Å². The fourth-order valence-corrected chi connectivity index (χ4v) is 2.76. The third kappa shape index (κ3) is 9.99. The Bertz CT molecular complexity index is 584. The predicted octanol–water partition coefficient (Wildman–Crippen LogP) is 5.44. The Balaban J connectivity index is 2.36. The largest absolute Gasteiger partial charge is 0.493 e. The summed E-state index contributed by atoms with van der Waals surface area (Å²) in [6.07, 6.45) is 5.18. The molecule has 160 valence electrons. The van der Waals surface area contributed by atoms with E-state index in [4.69, 9.17) is 46.9 Å². The van der Waals surface area contributed by atoms with Crippen molar-refractivity contribution in [1.82, 2.24) is 0 Å². The van der Waals surface area contributed by atoms with Crippen LogP contribution in [0.3, 0.4) is 0 Å². The molecule has 0 N–H and O–H groups in total. The first-order valence-electron chi connectivity index (χ1n) is 9.55. The standard InChI is InChI=1S/C21H32Cl2O5/c1-5-17-14-18(27-12-9-19(22)23)13-16(2)21(17)28-11-8-6-7-10-26-15-20(24-3)25-4/h9,13-14,20H,5-8,10-12,15H2,1-4H3. The Kier molecular flexibility index (Phi) is 13.4. The summed E-state index contributed by atoms with van der Waals surface area (Å²) < 4.78 is 27.6. The smallest absolute Gasteiger partial charge is 0.180 e. The van der Waals surface area contributed by atoms with Crippen molar-refractivity contribution in [2.45, 2.75) is 45.8 Å². The summed E-state index contributed by atoms with van der Waals surface area (Å²) in [5, 5.41) is 0. The van der Waals surface area contributed by atoms with Crippen LogP contribution in [0.4, 0.5) is 0 Å². The van der Waals surface area contributed by atoms with Crippen LogP contribution in [0.1, 0.15) is 37.3 Å². The molecule has 0 heterocycles. The van der Waals surface area contributed by atoms with Crippen molar-refractivity contribution in [3.05, 3.63) is 33.8 Å². The monoisotopic (exact) mass is 434 g/mol. The molecule has 0 aliphatic heterocycles. The van der Waals surface area contributed by atoms with Crippen LogP contribution in [-0.4, -0.2) is 46.9 Å². The summed E-state index contributed by atoms with van der Waals surface area (Å²) in [5.41, 5.74) is 2.19. The van der Waals surface area contributed by atoms with E-state index in [0.29, 0.717) is 26.4 Å². The third-order valence-corrected chi connectivity index (χ3v) is 4.46. The van der Waals surface area contributed by atoms with Crippen LogP contribution in [0.25, 0.3) is 0 Å². The maximum atomic E-state index is 6.05. The van der Waals surface area contributed by atoms with E-state index in [1.165, 1.54) is 0 Å². The van der Waals surface area contributed by atoms with Crippen LogP contribution in [-0.2, 0) is 20.6 Å². The molecule has 7 heteroatoms. The SMILES string of the molecule is CCc1cc(OCC=C(Cl)Cl)cc(C)c1OCCCCCOCC(OC)OC. The molecule has 1 aromatic carbocycles. The van der Waals surface area contributed by atoms with Crippen LogP contribution in [0, 0.1) is 6.92 Å². The molecule has 0 aliphatic carbocycles. The maximum Gasteiger partial charge on any atom is 0.180 e. The van der Waals surface area contributed by atoms with E-state index in [1.54, 1.807) is 20.3 Å². The second-order valence-electron chi connectivity index (χ2n) is 6.27. The van der Waals surface area contributed by atoms with E-state index in [2.05, 4.69) is 6.92 Å². The molecule has 1 aromatic rings. The first-order chi connectivity index (χ1) is 13.5. The maximum absolute atomic E-state index is 6.05. The number of rotatable bonds is 15. The predicted molar refractivity (Wildman–Crippen MR) is 114 cm³/mol. The first-order valence-corrected chi connectivity index (χ1v) is 10.3. The van der Waals surface area contributed by atoms with E-state index in [9.17, 15) is 0 Å². The lowest BCUT2D eigenvalue weighted by Gasteiger charge is -2.16.